The van der Waals surface area contributed by atoms with Crippen molar-refractivity contribution < 1.29 is 14.0 Å². The molecule has 2 aromatic rings. The molecule has 0 spiro atoms. The predicted octanol–water partition coefficient (Wildman–Crippen LogP) is 2.22. The largest absolute Gasteiger partial charge is 0.441 e. The third-order valence-electron chi connectivity index (χ3n) is 4.84. The molecule has 1 aliphatic rings. The summed E-state index contributed by atoms with van der Waals surface area (Å²) in [5, 5.41) is 0. The summed E-state index contributed by atoms with van der Waals surface area (Å²) in [7, 11) is 0. The van der Waals surface area contributed by atoms with Crippen molar-refractivity contribution in [2.45, 2.75) is 33.1 Å². The Labute approximate surface area is 147 Å². The van der Waals surface area contributed by atoms with Gasteiger partial charge in [0.15, 0.2) is 0 Å². The van der Waals surface area contributed by atoms with E-state index in [0.29, 0.717) is 43.3 Å². The van der Waals surface area contributed by atoms with Crippen LogP contribution in [0.3, 0.4) is 0 Å². The number of nitrogens with two attached hydrogens (primary N) is 1. The first kappa shape index (κ1) is 17.2. The number of primary amides is 1. The number of carbonyl (C=O) groups is 2. The fourth-order valence-corrected chi connectivity index (χ4v) is 3.19. The average molecular weight is 341 g/mol. The SMILES string of the molecule is Cc1ccccc1-c1nc(CC(=O)N2CCC(C(N)=O)CC2)c(C)o1. The highest BCUT2D eigenvalue weighted by molar-refractivity contribution is 5.80. The number of aryl methyl sites for hydroxylation is 2. The minimum Gasteiger partial charge on any atom is -0.441 e. The van der Waals surface area contributed by atoms with E-state index in [-0.39, 0.29) is 24.2 Å². The molecule has 25 heavy (non-hydrogen) atoms. The number of hydrogen-bond donors (Lipinski definition) is 1. The summed E-state index contributed by atoms with van der Waals surface area (Å²) >= 11 is 0. The summed E-state index contributed by atoms with van der Waals surface area (Å²) in [6.07, 6.45) is 1.48. The first-order chi connectivity index (χ1) is 12.0. The van der Waals surface area contributed by atoms with Crippen molar-refractivity contribution in [3.63, 3.8) is 0 Å². The molecule has 1 saturated heterocycles. The highest BCUT2D eigenvalue weighted by Crippen LogP contribution is 2.25. The number of nitrogens with zero attached hydrogens (tertiary/aromatic N) is 2. The van der Waals surface area contributed by atoms with Crippen LogP contribution in [-0.4, -0.2) is 34.8 Å². The summed E-state index contributed by atoms with van der Waals surface area (Å²) in [6, 6.07) is 7.87. The van der Waals surface area contributed by atoms with E-state index in [2.05, 4.69) is 4.98 Å². The predicted molar refractivity (Wildman–Crippen MR) is 93.6 cm³/mol. The van der Waals surface area contributed by atoms with Gasteiger partial charge in [0, 0.05) is 24.6 Å². The van der Waals surface area contributed by atoms with Crippen molar-refractivity contribution in [1.82, 2.24) is 9.88 Å². The minimum absolute atomic E-state index is 0.00986. The molecule has 3 rings (SSSR count). The highest BCUT2D eigenvalue weighted by atomic mass is 16.4. The van der Waals surface area contributed by atoms with Crippen LogP contribution in [-0.2, 0) is 16.0 Å². The molecule has 0 radical (unpaired) electrons. The first-order valence-corrected chi connectivity index (χ1v) is 8.55. The number of carbonyl (C=O) groups excluding carboxylic acids is 2. The van der Waals surface area contributed by atoms with E-state index in [4.69, 9.17) is 10.2 Å². The van der Waals surface area contributed by atoms with Crippen LogP contribution in [0.15, 0.2) is 28.7 Å². The second-order valence-corrected chi connectivity index (χ2v) is 6.57. The lowest BCUT2D eigenvalue weighted by molar-refractivity contribution is -0.134. The molecule has 132 valence electrons. The lowest BCUT2D eigenvalue weighted by Crippen LogP contribution is -2.42. The van der Waals surface area contributed by atoms with Gasteiger partial charge in [-0.1, -0.05) is 18.2 Å². The molecule has 6 nitrogen and oxygen atoms in total. The normalized spacial score (nSPS) is 15.4. The van der Waals surface area contributed by atoms with Crippen LogP contribution in [0, 0.1) is 19.8 Å². The molecule has 0 aliphatic carbocycles. The second-order valence-electron chi connectivity index (χ2n) is 6.57. The van der Waals surface area contributed by atoms with Gasteiger partial charge in [0.2, 0.25) is 17.7 Å². The van der Waals surface area contributed by atoms with Crippen molar-refractivity contribution in [1.29, 1.82) is 0 Å². The number of oxazole rings is 1. The van der Waals surface area contributed by atoms with Gasteiger partial charge in [-0.2, -0.15) is 0 Å². The molecule has 6 heteroatoms. The Morgan fingerprint density at radius 3 is 2.56 bits per heavy atom. The van der Waals surface area contributed by atoms with Crippen molar-refractivity contribution in [2.24, 2.45) is 11.7 Å². The average Bonchev–Trinajstić information content (AvgIpc) is 2.95. The molecule has 2 heterocycles. The molecule has 1 aromatic heterocycles. The molecule has 0 unspecified atom stereocenters. The highest BCUT2D eigenvalue weighted by Gasteiger charge is 2.27. The summed E-state index contributed by atoms with van der Waals surface area (Å²) < 4.78 is 5.78. The van der Waals surface area contributed by atoms with Gasteiger partial charge in [0.25, 0.3) is 0 Å². The third-order valence-corrected chi connectivity index (χ3v) is 4.84. The number of rotatable bonds is 4. The Hall–Kier alpha value is -2.63. The van der Waals surface area contributed by atoms with Gasteiger partial charge in [0.05, 0.1) is 12.1 Å². The summed E-state index contributed by atoms with van der Waals surface area (Å²) in [5.74, 6) is 0.827. The lowest BCUT2D eigenvalue weighted by atomic mass is 9.96. The Balaban J connectivity index is 1.69. The fourth-order valence-electron chi connectivity index (χ4n) is 3.19. The second kappa shape index (κ2) is 7.09. The van der Waals surface area contributed by atoms with Crippen LogP contribution in [0.5, 0.6) is 0 Å². The first-order valence-electron chi connectivity index (χ1n) is 8.55. The maximum Gasteiger partial charge on any atom is 0.228 e. The van der Waals surface area contributed by atoms with Crippen LogP contribution in [0.4, 0.5) is 0 Å². The van der Waals surface area contributed by atoms with Gasteiger partial charge in [-0.3, -0.25) is 9.59 Å². The van der Waals surface area contributed by atoms with E-state index in [1.807, 2.05) is 38.1 Å². The number of benzene rings is 1. The Morgan fingerprint density at radius 2 is 1.92 bits per heavy atom. The van der Waals surface area contributed by atoms with Crippen molar-refractivity contribution in [3.8, 4) is 11.5 Å². The van der Waals surface area contributed by atoms with Crippen molar-refractivity contribution >= 4 is 11.8 Å². The molecule has 0 bridgehead atoms. The smallest absolute Gasteiger partial charge is 0.228 e. The number of amides is 2. The van der Waals surface area contributed by atoms with E-state index in [9.17, 15) is 9.59 Å². The zero-order valence-electron chi connectivity index (χ0n) is 14.6. The molecule has 2 N–H and O–H groups in total. The molecule has 0 saturated carbocycles. The zero-order valence-corrected chi connectivity index (χ0v) is 14.6. The summed E-state index contributed by atoms with van der Waals surface area (Å²) in [4.78, 5) is 30.1. The molecule has 1 aromatic carbocycles. The van der Waals surface area contributed by atoms with Crippen LogP contribution >= 0.6 is 0 Å². The van der Waals surface area contributed by atoms with E-state index < -0.39 is 0 Å². The molecular formula is C19H23N3O3. The fraction of sp³-hybridized carbons (Fsp3) is 0.421. The number of aromatic nitrogens is 1. The van der Waals surface area contributed by atoms with Crippen molar-refractivity contribution in [2.75, 3.05) is 13.1 Å². The monoisotopic (exact) mass is 341 g/mol. The van der Waals surface area contributed by atoms with Gasteiger partial charge in [0.1, 0.15) is 5.76 Å². The van der Waals surface area contributed by atoms with Crippen LogP contribution in [0.2, 0.25) is 0 Å². The van der Waals surface area contributed by atoms with Gasteiger partial charge in [-0.25, -0.2) is 4.98 Å². The molecular weight excluding hydrogens is 318 g/mol. The number of hydrogen-bond acceptors (Lipinski definition) is 4. The Bertz CT molecular complexity index is 789. The van der Waals surface area contributed by atoms with Crippen LogP contribution in [0.25, 0.3) is 11.5 Å². The maximum absolute atomic E-state index is 12.5. The quantitative estimate of drug-likeness (QED) is 0.923. The van der Waals surface area contributed by atoms with Crippen LogP contribution < -0.4 is 5.73 Å². The number of piperidine rings is 1. The summed E-state index contributed by atoms with van der Waals surface area (Å²) in [5.41, 5.74) is 8.02. The Morgan fingerprint density at radius 1 is 1.24 bits per heavy atom. The standard InChI is InChI=1S/C19H23N3O3/c1-12-5-3-4-6-15(12)19-21-16(13(2)25-19)11-17(23)22-9-7-14(8-10-22)18(20)24/h3-6,14H,7-11H2,1-2H3,(H2,20,24). The minimum atomic E-state index is -0.276. The van der Waals surface area contributed by atoms with Gasteiger partial charge < -0.3 is 15.1 Å². The molecule has 2 amide bonds. The molecule has 0 atom stereocenters. The van der Waals surface area contributed by atoms with Crippen molar-refractivity contribution in [3.05, 3.63) is 41.3 Å². The van der Waals surface area contributed by atoms with Gasteiger partial charge >= 0.3 is 0 Å². The third kappa shape index (κ3) is 3.73. The molecule has 1 fully saturated rings. The summed E-state index contributed by atoms with van der Waals surface area (Å²) in [6.45, 7) is 4.96. The van der Waals surface area contributed by atoms with Crippen LogP contribution in [0.1, 0.15) is 29.9 Å². The van der Waals surface area contributed by atoms with E-state index in [0.717, 1.165) is 11.1 Å². The van der Waals surface area contributed by atoms with E-state index in [1.165, 1.54) is 0 Å². The lowest BCUT2D eigenvalue weighted by Gasteiger charge is -2.30. The van der Waals surface area contributed by atoms with Gasteiger partial charge in [-0.15, -0.1) is 0 Å². The van der Waals surface area contributed by atoms with E-state index in [1.54, 1.807) is 4.90 Å². The Kier molecular flexibility index (Phi) is 4.88. The topological polar surface area (TPSA) is 89.4 Å². The van der Waals surface area contributed by atoms with Gasteiger partial charge in [-0.05, 0) is 38.3 Å². The number of likely N-dealkylation sites (tertiary alicyclic amines) is 1. The maximum atomic E-state index is 12.5. The molecule has 1 aliphatic heterocycles. The zero-order chi connectivity index (χ0) is 18.0. The van der Waals surface area contributed by atoms with E-state index >= 15 is 0 Å².